The van der Waals surface area contributed by atoms with E-state index in [4.69, 9.17) is 0 Å². The van der Waals surface area contributed by atoms with E-state index in [0.29, 0.717) is 13.0 Å². The normalized spacial score (nSPS) is 11.9. The lowest BCUT2D eigenvalue weighted by Crippen LogP contribution is -2.28. The van der Waals surface area contributed by atoms with Gasteiger partial charge in [0, 0.05) is 24.0 Å². The number of amides is 1. The number of hydrogen-bond donors (Lipinski definition) is 1. The predicted molar refractivity (Wildman–Crippen MR) is 106 cm³/mol. The predicted octanol–water partition coefficient (Wildman–Crippen LogP) is 4.15. The second kappa shape index (κ2) is 8.15. The molecule has 1 aromatic heterocycles. The highest BCUT2D eigenvalue weighted by Crippen LogP contribution is 2.21. The van der Waals surface area contributed by atoms with Crippen molar-refractivity contribution >= 4 is 17.2 Å². The van der Waals surface area contributed by atoms with Gasteiger partial charge in [-0.3, -0.25) is 9.59 Å². The largest absolute Gasteiger partial charge is 0.350 e. The van der Waals surface area contributed by atoms with E-state index >= 15 is 0 Å². The van der Waals surface area contributed by atoms with Gasteiger partial charge in [0.25, 0.3) is 0 Å². The van der Waals surface area contributed by atoms with Gasteiger partial charge in [-0.2, -0.15) is 0 Å². The van der Waals surface area contributed by atoms with Crippen LogP contribution in [0.2, 0.25) is 0 Å². The lowest BCUT2D eigenvalue weighted by atomic mass is 10.0. The minimum atomic E-state index is -0.0763. The fraction of sp³-hybridized carbons (Fsp3) is 0.238. The summed E-state index contributed by atoms with van der Waals surface area (Å²) in [5.41, 5.74) is 4.28. The SMILES string of the molecule is Cc1csc(=O)n1CCC(=O)N[C@H](C)c1ccc(-c2ccccc2)cc1. The molecule has 0 saturated carbocycles. The van der Waals surface area contributed by atoms with Crippen LogP contribution in [-0.2, 0) is 11.3 Å². The van der Waals surface area contributed by atoms with Gasteiger partial charge in [0.2, 0.25) is 5.91 Å². The molecule has 1 atom stereocenters. The van der Waals surface area contributed by atoms with Crippen molar-refractivity contribution in [1.82, 2.24) is 9.88 Å². The van der Waals surface area contributed by atoms with Gasteiger partial charge in [-0.05, 0) is 30.5 Å². The van der Waals surface area contributed by atoms with Crippen LogP contribution < -0.4 is 10.2 Å². The molecule has 0 aliphatic rings. The molecular weight excluding hydrogens is 344 g/mol. The summed E-state index contributed by atoms with van der Waals surface area (Å²) in [5.74, 6) is -0.0536. The van der Waals surface area contributed by atoms with Crippen LogP contribution in [0.4, 0.5) is 0 Å². The van der Waals surface area contributed by atoms with E-state index in [1.165, 1.54) is 16.9 Å². The maximum absolute atomic E-state index is 12.2. The number of aryl methyl sites for hydroxylation is 1. The van der Waals surface area contributed by atoms with Crippen LogP contribution >= 0.6 is 11.3 Å². The Morgan fingerprint density at radius 3 is 2.35 bits per heavy atom. The molecule has 1 heterocycles. The Labute approximate surface area is 157 Å². The highest BCUT2D eigenvalue weighted by atomic mass is 32.1. The smallest absolute Gasteiger partial charge is 0.307 e. The van der Waals surface area contributed by atoms with Crippen molar-refractivity contribution in [3.05, 3.63) is 80.9 Å². The third-order valence-electron chi connectivity index (χ3n) is 4.43. The summed E-state index contributed by atoms with van der Waals surface area (Å²) in [7, 11) is 0. The molecule has 5 heteroatoms. The molecule has 0 bridgehead atoms. The van der Waals surface area contributed by atoms with E-state index < -0.39 is 0 Å². The first-order chi connectivity index (χ1) is 12.5. The maximum Gasteiger partial charge on any atom is 0.307 e. The van der Waals surface area contributed by atoms with Gasteiger partial charge in [-0.15, -0.1) is 0 Å². The zero-order valence-corrected chi connectivity index (χ0v) is 15.8. The molecule has 1 N–H and O–H groups in total. The van der Waals surface area contributed by atoms with E-state index in [9.17, 15) is 9.59 Å². The Kier molecular flexibility index (Phi) is 5.68. The fourth-order valence-electron chi connectivity index (χ4n) is 2.88. The topological polar surface area (TPSA) is 51.1 Å². The summed E-state index contributed by atoms with van der Waals surface area (Å²) < 4.78 is 1.64. The molecule has 0 saturated heterocycles. The molecule has 0 aliphatic carbocycles. The Morgan fingerprint density at radius 1 is 1.08 bits per heavy atom. The monoisotopic (exact) mass is 366 g/mol. The lowest BCUT2D eigenvalue weighted by Gasteiger charge is -2.15. The van der Waals surface area contributed by atoms with E-state index in [2.05, 4.69) is 29.6 Å². The molecule has 3 rings (SSSR count). The van der Waals surface area contributed by atoms with Gasteiger partial charge in [-0.25, -0.2) is 0 Å². The second-order valence-electron chi connectivity index (χ2n) is 6.32. The van der Waals surface area contributed by atoms with Crippen molar-refractivity contribution in [2.24, 2.45) is 0 Å². The average molecular weight is 366 g/mol. The summed E-state index contributed by atoms with van der Waals surface area (Å²) in [6.45, 7) is 4.27. The van der Waals surface area contributed by atoms with E-state index in [0.717, 1.165) is 16.8 Å². The molecule has 134 valence electrons. The number of hydrogen-bond acceptors (Lipinski definition) is 3. The minimum absolute atomic E-state index is 0.0140. The Balaban J connectivity index is 1.58. The van der Waals surface area contributed by atoms with Crippen molar-refractivity contribution in [2.45, 2.75) is 32.9 Å². The molecular formula is C21H22N2O2S. The number of nitrogens with one attached hydrogen (secondary N) is 1. The van der Waals surface area contributed by atoms with Crippen LogP contribution in [0.5, 0.6) is 0 Å². The molecule has 0 fully saturated rings. The van der Waals surface area contributed by atoms with Crippen LogP contribution in [0.15, 0.2) is 64.8 Å². The van der Waals surface area contributed by atoms with Crippen molar-refractivity contribution in [3.63, 3.8) is 0 Å². The first-order valence-electron chi connectivity index (χ1n) is 8.64. The Bertz CT molecular complexity index is 927. The van der Waals surface area contributed by atoms with E-state index in [1.54, 1.807) is 4.57 Å². The van der Waals surface area contributed by atoms with Crippen LogP contribution in [0.3, 0.4) is 0 Å². The highest BCUT2D eigenvalue weighted by Gasteiger charge is 2.11. The van der Waals surface area contributed by atoms with Gasteiger partial charge in [-0.1, -0.05) is 65.9 Å². The van der Waals surface area contributed by atoms with Crippen molar-refractivity contribution < 1.29 is 4.79 Å². The quantitative estimate of drug-likeness (QED) is 0.712. The van der Waals surface area contributed by atoms with Crippen LogP contribution in [0, 0.1) is 6.92 Å². The Hall–Kier alpha value is -2.66. The minimum Gasteiger partial charge on any atom is -0.350 e. The number of benzene rings is 2. The van der Waals surface area contributed by atoms with Crippen LogP contribution in [0.1, 0.15) is 30.6 Å². The second-order valence-corrected chi connectivity index (χ2v) is 7.14. The van der Waals surface area contributed by atoms with Gasteiger partial charge < -0.3 is 9.88 Å². The standard InChI is InChI=1S/C21H22N2O2S/c1-15-14-26-21(25)23(15)13-12-20(24)22-16(2)17-8-10-19(11-9-17)18-6-4-3-5-7-18/h3-11,14,16H,12-13H2,1-2H3,(H,22,24)/t16-/m1/s1. The Morgan fingerprint density at radius 2 is 1.73 bits per heavy atom. The first kappa shape index (κ1) is 18.1. The highest BCUT2D eigenvalue weighted by molar-refractivity contribution is 7.07. The molecule has 1 amide bonds. The zero-order valence-electron chi connectivity index (χ0n) is 14.9. The molecule has 0 aliphatic heterocycles. The van der Waals surface area contributed by atoms with Gasteiger partial charge in [0.1, 0.15) is 0 Å². The van der Waals surface area contributed by atoms with Gasteiger partial charge in [0.15, 0.2) is 0 Å². The third-order valence-corrected chi connectivity index (χ3v) is 5.32. The lowest BCUT2D eigenvalue weighted by molar-refractivity contribution is -0.121. The van der Waals surface area contributed by atoms with Gasteiger partial charge in [0.05, 0.1) is 6.04 Å². The number of rotatable bonds is 6. The fourth-order valence-corrected chi connectivity index (χ4v) is 3.64. The number of thiazole rings is 1. The summed E-state index contributed by atoms with van der Waals surface area (Å²) in [5, 5.41) is 4.82. The summed E-state index contributed by atoms with van der Waals surface area (Å²) in [4.78, 5) is 23.9. The van der Waals surface area contributed by atoms with E-state index in [-0.39, 0.29) is 16.8 Å². The number of carbonyl (C=O) groups excluding carboxylic acids is 1. The van der Waals surface area contributed by atoms with Gasteiger partial charge >= 0.3 is 4.87 Å². The van der Waals surface area contributed by atoms with E-state index in [1.807, 2.05) is 49.6 Å². The molecule has 4 nitrogen and oxygen atoms in total. The maximum atomic E-state index is 12.2. The summed E-state index contributed by atoms with van der Waals surface area (Å²) >= 11 is 1.17. The molecule has 26 heavy (non-hydrogen) atoms. The summed E-state index contributed by atoms with van der Waals surface area (Å²) in [6.07, 6.45) is 0.296. The van der Waals surface area contributed by atoms with Crippen molar-refractivity contribution in [1.29, 1.82) is 0 Å². The van der Waals surface area contributed by atoms with Crippen molar-refractivity contribution in [3.8, 4) is 11.1 Å². The average Bonchev–Trinajstić information content (AvgIpc) is 2.98. The molecule has 3 aromatic rings. The molecule has 2 aromatic carbocycles. The number of aromatic nitrogens is 1. The van der Waals surface area contributed by atoms with Crippen LogP contribution in [0.25, 0.3) is 11.1 Å². The van der Waals surface area contributed by atoms with Crippen LogP contribution in [-0.4, -0.2) is 10.5 Å². The summed E-state index contributed by atoms with van der Waals surface area (Å²) in [6, 6.07) is 18.3. The molecule has 0 unspecified atom stereocenters. The third kappa shape index (κ3) is 4.29. The van der Waals surface area contributed by atoms with Crippen molar-refractivity contribution in [2.75, 3.05) is 0 Å². The number of carbonyl (C=O) groups is 1. The zero-order chi connectivity index (χ0) is 18.5. The molecule has 0 spiro atoms. The number of nitrogens with zero attached hydrogens (tertiary/aromatic N) is 1. The first-order valence-corrected chi connectivity index (χ1v) is 9.52. The molecule has 0 radical (unpaired) electrons.